The van der Waals surface area contributed by atoms with Crippen molar-refractivity contribution < 1.29 is 9.53 Å². The largest absolute Gasteiger partial charge is 0.368 e. The van der Waals surface area contributed by atoms with Gasteiger partial charge in [0.25, 0.3) is 0 Å². The van der Waals surface area contributed by atoms with Crippen LogP contribution < -0.4 is 0 Å². The zero-order valence-corrected chi connectivity index (χ0v) is 13.7. The molecule has 2 aromatic heterocycles. The predicted molar refractivity (Wildman–Crippen MR) is 83.7 cm³/mol. The first-order valence-electron chi connectivity index (χ1n) is 7.73. The molecule has 1 fully saturated rings. The number of carbonyl (C=O) groups excluding carboxylic acids is 1. The van der Waals surface area contributed by atoms with Crippen molar-refractivity contribution in [3.63, 3.8) is 0 Å². The average molecular weight is 315 g/mol. The highest BCUT2D eigenvalue weighted by atomic mass is 16.5. The summed E-state index contributed by atoms with van der Waals surface area (Å²) in [6.45, 7) is 7.60. The van der Waals surface area contributed by atoms with Crippen LogP contribution in [0.1, 0.15) is 29.0 Å². The third kappa shape index (κ3) is 3.56. The van der Waals surface area contributed by atoms with Crippen molar-refractivity contribution in [1.29, 1.82) is 0 Å². The molecule has 0 bridgehead atoms. The maximum absolute atomic E-state index is 12.5. The number of aromatic nitrogens is 4. The fourth-order valence-electron chi connectivity index (χ4n) is 2.77. The monoisotopic (exact) mass is 315 g/mol. The number of carbonyl (C=O) groups is 1. The minimum Gasteiger partial charge on any atom is -0.368 e. The van der Waals surface area contributed by atoms with Crippen molar-refractivity contribution in [2.45, 2.75) is 33.4 Å². The summed E-state index contributed by atoms with van der Waals surface area (Å²) in [5.41, 5.74) is 2.74. The lowest BCUT2D eigenvalue weighted by atomic mass is 10.2. The van der Waals surface area contributed by atoms with E-state index in [-0.39, 0.29) is 18.6 Å². The Hall–Kier alpha value is -2.28. The molecular weight excluding hydrogens is 294 g/mol. The van der Waals surface area contributed by atoms with Gasteiger partial charge in [0.05, 0.1) is 24.5 Å². The molecule has 3 rings (SSSR count). The van der Waals surface area contributed by atoms with Crippen molar-refractivity contribution in [2.24, 2.45) is 0 Å². The maximum Gasteiger partial charge on any atom is 0.244 e. The van der Waals surface area contributed by atoms with Crippen LogP contribution in [0.4, 0.5) is 0 Å². The summed E-state index contributed by atoms with van der Waals surface area (Å²) in [4.78, 5) is 22.9. The molecule has 7 nitrogen and oxygen atoms in total. The molecule has 7 heteroatoms. The lowest BCUT2D eigenvalue weighted by Crippen LogP contribution is -2.44. The summed E-state index contributed by atoms with van der Waals surface area (Å²) in [5.74, 6) is 0.757. The van der Waals surface area contributed by atoms with Crippen LogP contribution in [0.25, 0.3) is 0 Å². The second-order valence-electron chi connectivity index (χ2n) is 5.81. The Kier molecular flexibility index (Phi) is 4.38. The van der Waals surface area contributed by atoms with Gasteiger partial charge in [-0.25, -0.2) is 9.97 Å². The molecule has 23 heavy (non-hydrogen) atoms. The summed E-state index contributed by atoms with van der Waals surface area (Å²) >= 11 is 0. The summed E-state index contributed by atoms with van der Waals surface area (Å²) < 4.78 is 7.52. The van der Waals surface area contributed by atoms with E-state index in [0.29, 0.717) is 25.5 Å². The van der Waals surface area contributed by atoms with Crippen molar-refractivity contribution in [1.82, 2.24) is 24.6 Å². The Morgan fingerprint density at radius 1 is 1.39 bits per heavy atom. The molecule has 0 saturated carbocycles. The van der Waals surface area contributed by atoms with Gasteiger partial charge in [-0.2, -0.15) is 5.10 Å². The topological polar surface area (TPSA) is 73.1 Å². The number of ether oxygens (including phenoxy) is 1. The smallest absolute Gasteiger partial charge is 0.244 e. The Labute approximate surface area is 135 Å². The molecule has 0 unspecified atom stereocenters. The molecule has 3 heterocycles. The summed E-state index contributed by atoms with van der Waals surface area (Å²) in [5, 5.41) is 4.35. The SMILES string of the molecule is Cc1cc(C)n(CC(=O)N2CCO[C@H](c3ccnc(C)n3)C2)n1. The normalized spacial score (nSPS) is 18.2. The van der Waals surface area contributed by atoms with Gasteiger partial charge < -0.3 is 9.64 Å². The lowest BCUT2D eigenvalue weighted by molar-refractivity contribution is -0.140. The van der Waals surface area contributed by atoms with E-state index in [1.54, 1.807) is 10.9 Å². The van der Waals surface area contributed by atoms with E-state index < -0.39 is 0 Å². The maximum atomic E-state index is 12.5. The van der Waals surface area contributed by atoms with E-state index in [0.717, 1.165) is 17.1 Å². The zero-order valence-electron chi connectivity index (χ0n) is 13.7. The average Bonchev–Trinajstić information content (AvgIpc) is 2.85. The first-order chi connectivity index (χ1) is 11.0. The van der Waals surface area contributed by atoms with Gasteiger partial charge in [0.15, 0.2) is 0 Å². The minimum atomic E-state index is -0.199. The number of nitrogens with zero attached hydrogens (tertiary/aromatic N) is 5. The molecule has 1 amide bonds. The fourth-order valence-corrected chi connectivity index (χ4v) is 2.77. The van der Waals surface area contributed by atoms with Gasteiger partial charge in [0.1, 0.15) is 18.5 Å². The van der Waals surface area contributed by atoms with E-state index >= 15 is 0 Å². The van der Waals surface area contributed by atoms with E-state index in [9.17, 15) is 4.79 Å². The summed E-state index contributed by atoms with van der Waals surface area (Å²) in [6, 6.07) is 3.81. The molecule has 1 saturated heterocycles. The molecule has 2 aromatic rings. The van der Waals surface area contributed by atoms with E-state index in [2.05, 4.69) is 15.1 Å². The Morgan fingerprint density at radius 3 is 2.91 bits per heavy atom. The van der Waals surface area contributed by atoms with Gasteiger partial charge >= 0.3 is 0 Å². The summed E-state index contributed by atoms with van der Waals surface area (Å²) in [6.07, 6.45) is 1.52. The number of rotatable bonds is 3. The number of aryl methyl sites for hydroxylation is 3. The molecule has 0 radical (unpaired) electrons. The van der Waals surface area contributed by atoms with Crippen LogP contribution in [0, 0.1) is 20.8 Å². The van der Waals surface area contributed by atoms with E-state index in [1.165, 1.54) is 0 Å². The van der Waals surface area contributed by atoms with Crippen LogP contribution >= 0.6 is 0 Å². The lowest BCUT2D eigenvalue weighted by Gasteiger charge is -2.32. The number of amides is 1. The molecule has 0 aromatic carbocycles. The van der Waals surface area contributed by atoms with Crippen LogP contribution in [-0.2, 0) is 16.1 Å². The van der Waals surface area contributed by atoms with Gasteiger partial charge in [0, 0.05) is 18.4 Å². The van der Waals surface area contributed by atoms with Gasteiger partial charge in [-0.05, 0) is 32.9 Å². The number of hydrogen-bond acceptors (Lipinski definition) is 5. The standard InChI is InChI=1S/C16H21N5O2/c1-11-8-12(2)21(19-11)10-16(22)20-6-7-23-15(9-20)14-4-5-17-13(3)18-14/h4-5,8,15H,6-7,9-10H2,1-3H3/t15-/m0/s1. The number of hydrogen-bond donors (Lipinski definition) is 0. The zero-order chi connectivity index (χ0) is 16.4. The highest BCUT2D eigenvalue weighted by Crippen LogP contribution is 2.20. The predicted octanol–water partition coefficient (Wildman–Crippen LogP) is 1.20. The Balaban J connectivity index is 1.68. The van der Waals surface area contributed by atoms with Gasteiger partial charge in [0.2, 0.25) is 5.91 Å². The third-order valence-electron chi connectivity index (χ3n) is 3.93. The van der Waals surface area contributed by atoms with Crippen molar-refractivity contribution in [2.75, 3.05) is 19.7 Å². The molecule has 0 N–H and O–H groups in total. The first-order valence-corrected chi connectivity index (χ1v) is 7.73. The van der Waals surface area contributed by atoms with Gasteiger partial charge in [-0.15, -0.1) is 0 Å². The molecule has 0 aliphatic carbocycles. The minimum absolute atomic E-state index is 0.0512. The van der Waals surface area contributed by atoms with Crippen LogP contribution in [0.3, 0.4) is 0 Å². The van der Waals surface area contributed by atoms with Crippen molar-refractivity contribution in [3.8, 4) is 0 Å². The van der Waals surface area contributed by atoms with Gasteiger partial charge in [-0.3, -0.25) is 9.48 Å². The van der Waals surface area contributed by atoms with E-state index in [1.807, 2.05) is 37.8 Å². The molecule has 1 aliphatic heterocycles. The molecule has 0 spiro atoms. The van der Waals surface area contributed by atoms with Crippen LogP contribution in [-0.4, -0.2) is 50.3 Å². The Bertz CT molecular complexity index is 712. The highest BCUT2D eigenvalue weighted by Gasteiger charge is 2.26. The fraction of sp³-hybridized carbons (Fsp3) is 0.500. The first kappa shape index (κ1) is 15.6. The van der Waals surface area contributed by atoms with Crippen molar-refractivity contribution >= 4 is 5.91 Å². The molecular formula is C16H21N5O2. The Morgan fingerprint density at radius 2 is 2.22 bits per heavy atom. The second kappa shape index (κ2) is 6.45. The quantitative estimate of drug-likeness (QED) is 0.851. The van der Waals surface area contributed by atoms with Crippen LogP contribution in [0.5, 0.6) is 0 Å². The number of morpholine rings is 1. The second-order valence-corrected chi connectivity index (χ2v) is 5.81. The van der Waals surface area contributed by atoms with E-state index in [4.69, 9.17) is 4.74 Å². The summed E-state index contributed by atoms with van der Waals surface area (Å²) in [7, 11) is 0. The molecule has 122 valence electrons. The molecule has 1 aliphatic rings. The van der Waals surface area contributed by atoms with Crippen molar-refractivity contribution in [3.05, 3.63) is 41.2 Å². The van der Waals surface area contributed by atoms with Crippen LogP contribution in [0.2, 0.25) is 0 Å². The third-order valence-corrected chi connectivity index (χ3v) is 3.93. The molecule has 1 atom stereocenters. The van der Waals surface area contributed by atoms with Gasteiger partial charge in [-0.1, -0.05) is 0 Å². The highest BCUT2D eigenvalue weighted by molar-refractivity contribution is 5.76. The van der Waals surface area contributed by atoms with Crippen LogP contribution in [0.15, 0.2) is 18.3 Å².